The standard InChI is InChI=1S/C11H19N3S/c1-8-7-15-11(12-8)13-14-9(2)5-4-6-10(14)3/h7,9-10H,4-6H2,1-3H3,(H,12,13). The number of hydrogen-bond acceptors (Lipinski definition) is 4. The molecule has 1 fully saturated rings. The van der Waals surface area contributed by atoms with Gasteiger partial charge in [-0.05, 0) is 33.6 Å². The molecule has 15 heavy (non-hydrogen) atoms. The molecule has 1 aliphatic heterocycles. The molecule has 4 heteroatoms. The molecular formula is C11H19N3S. The second-order valence-electron chi connectivity index (χ2n) is 4.44. The van der Waals surface area contributed by atoms with Crippen molar-refractivity contribution in [3.05, 3.63) is 11.1 Å². The Hall–Kier alpha value is -0.610. The van der Waals surface area contributed by atoms with Crippen molar-refractivity contribution in [2.75, 3.05) is 5.43 Å². The molecule has 2 unspecified atom stereocenters. The van der Waals surface area contributed by atoms with E-state index in [-0.39, 0.29) is 0 Å². The van der Waals surface area contributed by atoms with E-state index in [2.05, 4.69) is 34.6 Å². The van der Waals surface area contributed by atoms with Gasteiger partial charge in [0.05, 0.1) is 5.69 Å². The van der Waals surface area contributed by atoms with Gasteiger partial charge in [0.1, 0.15) is 0 Å². The van der Waals surface area contributed by atoms with Gasteiger partial charge in [0.15, 0.2) is 5.13 Å². The number of hydrazine groups is 1. The van der Waals surface area contributed by atoms with Gasteiger partial charge in [0.25, 0.3) is 0 Å². The number of rotatable bonds is 2. The van der Waals surface area contributed by atoms with Gasteiger partial charge in [-0.15, -0.1) is 11.3 Å². The van der Waals surface area contributed by atoms with Crippen LogP contribution in [0.2, 0.25) is 0 Å². The van der Waals surface area contributed by atoms with Crippen LogP contribution in [0, 0.1) is 6.92 Å². The third-order valence-electron chi connectivity index (χ3n) is 3.04. The second-order valence-corrected chi connectivity index (χ2v) is 5.30. The number of nitrogens with zero attached hydrogens (tertiary/aromatic N) is 2. The van der Waals surface area contributed by atoms with Gasteiger partial charge in [-0.3, -0.25) is 5.43 Å². The molecule has 0 spiro atoms. The van der Waals surface area contributed by atoms with Crippen LogP contribution in [-0.2, 0) is 0 Å². The summed E-state index contributed by atoms with van der Waals surface area (Å²) < 4.78 is 0. The Morgan fingerprint density at radius 1 is 1.40 bits per heavy atom. The fourth-order valence-electron chi connectivity index (χ4n) is 2.16. The summed E-state index contributed by atoms with van der Waals surface area (Å²) in [5.74, 6) is 0. The maximum atomic E-state index is 4.44. The van der Waals surface area contributed by atoms with Gasteiger partial charge >= 0.3 is 0 Å². The zero-order valence-corrected chi connectivity index (χ0v) is 10.5. The normalized spacial score (nSPS) is 27.9. The monoisotopic (exact) mass is 225 g/mol. The van der Waals surface area contributed by atoms with Gasteiger partial charge < -0.3 is 0 Å². The molecule has 1 N–H and O–H groups in total. The van der Waals surface area contributed by atoms with E-state index in [1.807, 2.05) is 6.92 Å². The zero-order valence-electron chi connectivity index (χ0n) is 9.66. The van der Waals surface area contributed by atoms with Crippen LogP contribution in [0.25, 0.3) is 0 Å². The SMILES string of the molecule is Cc1csc(NN2C(C)CCCC2C)n1. The first-order valence-corrected chi connectivity index (χ1v) is 6.52. The molecule has 0 radical (unpaired) electrons. The quantitative estimate of drug-likeness (QED) is 0.838. The maximum Gasteiger partial charge on any atom is 0.197 e. The highest BCUT2D eigenvalue weighted by Crippen LogP contribution is 2.24. The summed E-state index contributed by atoms with van der Waals surface area (Å²) in [5.41, 5.74) is 4.54. The van der Waals surface area contributed by atoms with Crippen LogP contribution in [-0.4, -0.2) is 22.1 Å². The van der Waals surface area contributed by atoms with Crippen molar-refractivity contribution in [3.63, 3.8) is 0 Å². The first-order valence-electron chi connectivity index (χ1n) is 5.64. The predicted octanol–water partition coefficient (Wildman–Crippen LogP) is 3.04. The van der Waals surface area contributed by atoms with E-state index in [0.29, 0.717) is 12.1 Å². The largest absolute Gasteiger partial charge is 0.294 e. The maximum absolute atomic E-state index is 4.44. The predicted molar refractivity (Wildman–Crippen MR) is 65.1 cm³/mol. The van der Waals surface area contributed by atoms with Crippen molar-refractivity contribution in [2.24, 2.45) is 0 Å². The minimum Gasteiger partial charge on any atom is -0.294 e. The highest BCUT2D eigenvalue weighted by molar-refractivity contribution is 7.13. The van der Waals surface area contributed by atoms with Crippen LogP contribution in [0.15, 0.2) is 5.38 Å². The fraction of sp³-hybridized carbons (Fsp3) is 0.727. The molecule has 2 rings (SSSR count). The fourth-order valence-corrected chi connectivity index (χ4v) is 2.85. The summed E-state index contributed by atoms with van der Waals surface area (Å²) in [4.78, 5) is 4.44. The van der Waals surface area contributed by atoms with Gasteiger partial charge in [-0.2, -0.15) is 0 Å². The molecule has 0 bridgehead atoms. The van der Waals surface area contributed by atoms with E-state index in [9.17, 15) is 0 Å². The molecule has 1 aromatic heterocycles. The van der Waals surface area contributed by atoms with Crippen molar-refractivity contribution in [2.45, 2.75) is 52.1 Å². The number of anilines is 1. The lowest BCUT2D eigenvalue weighted by Crippen LogP contribution is -2.47. The molecule has 1 aliphatic rings. The van der Waals surface area contributed by atoms with Crippen molar-refractivity contribution in [1.29, 1.82) is 0 Å². The van der Waals surface area contributed by atoms with Crippen molar-refractivity contribution in [1.82, 2.24) is 9.99 Å². The molecule has 2 heterocycles. The summed E-state index contributed by atoms with van der Waals surface area (Å²) in [6.45, 7) is 6.59. The summed E-state index contributed by atoms with van der Waals surface area (Å²) >= 11 is 1.68. The molecule has 3 nitrogen and oxygen atoms in total. The Bertz CT molecular complexity index is 313. The molecule has 1 saturated heterocycles. The number of thiazole rings is 1. The van der Waals surface area contributed by atoms with Crippen LogP contribution in [0.5, 0.6) is 0 Å². The topological polar surface area (TPSA) is 28.2 Å². The Morgan fingerprint density at radius 3 is 2.60 bits per heavy atom. The first kappa shape index (κ1) is 10.9. The summed E-state index contributed by atoms with van der Waals surface area (Å²) in [7, 11) is 0. The Labute approximate surface area is 95.5 Å². The molecule has 0 aromatic carbocycles. The average Bonchev–Trinajstić information content (AvgIpc) is 2.58. The van der Waals surface area contributed by atoms with E-state index in [0.717, 1.165) is 10.8 Å². The molecule has 2 atom stereocenters. The number of aryl methyl sites for hydroxylation is 1. The van der Waals surface area contributed by atoms with Crippen LogP contribution >= 0.6 is 11.3 Å². The third kappa shape index (κ3) is 2.49. The van der Waals surface area contributed by atoms with E-state index in [1.165, 1.54) is 19.3 Å². The van der Waals surface area contributed by atoms with Crippen LogP contribution in [0.1, 0.15) is 38.8 Å². The number of piperidine rings is 1. The van der Waals surface area contributed by atoms with Crippen molar-refractivity contribution in [3.8, 4) is 0 Å². The lowest BCUT2D eigenvalue weighted by atomic mass is 10.00. The molecule has 1 aromatic rings. The summed E-state index contributed by atoms with van der Waals surface area (Å²) in [6.07, 6.45) is 3.90. The van der Waals surface area contributed by atoms with Crippen LogP contribution in [0.4, 0.5) is 5.13 Å². The van der Waals surface area contributed by atoms with Crippen molar-refractivity contribution >= 4 is 16.5 Å². The number of nitrogens with one attached hydrogen (secondary N) is 1. The molecule has 84 valence electrons. The molecule has 0 saturated carbocycles. The van der Waals surface area contributed by atoms with Gasteiger partial charge in [-0.1, -0.05) is 6.42 Å². The number of aromatic nitrogens is 1. The summed E-state index contributed by atoms with van der Waals surface area (Å²) in [6, 6.07) is 1.22. The van der Waals surface area contributed by atoms with E-state index in [1.54, 1.807) is 11.3 Å². The second kappa shape index (κ2) is 4.49. The number of hydrogen-bond donors (Lipinski definition) is 1. The first-order chi connectivity index (χ1) is 7.16. The third-order valence-corrected chi connectivity index (χ3v) is 3.90. The minimum absolute atomic E-state index is 0.609. The Morgan fingerprint density at radius 2 is 2.07 bits per heavy atom. The van der Waals surface area contributed by atoms with Gasteiger partial charge in [0, 0.05) is 17.5 Å². The highest BCUT2D eigenvalue weighted by atomic mass is 32.1. The summed E-state index contributed by atoms with van der Waals surface area (Å²) in [5, 5.41) is 5.46. The Kier molecular flexibility index (Phi) is 3.26. The minimum atomic E-state index is 0.609. The van der Waals surface area contributed by atoms with Crippen LogP contribution in [0.3, 0.4) is 0 Å². The van der Waals surface area contributed by atoms with Gasteiger partial charge in [-0.25, -0.2) is 9.99 Å². The Balaban J connectivity index is 2.03. The molecular weight excluding hydrogens is 206 g/mol. The van der Waals surface area contributed by atoms with Gasteiger partial charge in [0.2, 0.25) is 0 Å². The lowest BCUT2D eigenvalue weighted by Gasteiger charge is -2.38. The van der Waals surface area contributed by atoms with E-state index < -0.39 is 0 Å². The zero-order chi connectivity index (χ0) is 10.8. The highest BCUT2D eigenvalue weighted by Gasteiger charge is 2.25. The lowest BCUT2D eigenvalue weighted by molar-refractivity contribution is 0.135. The smallest absolute Gasteiger partial charge is 0.197 e. The van der Waals surface area contributed by atoms with E-state index in [4.69, 9.17) is 0 Å². The van der Waals surface area contributed by atoms with Crippen LogP contribution < -0.4 is 5.43 Å². The average molecular weight is 225 g/mol. The van der Waals surface area contributed by atoms with Crippen molar-refractivity contribution < 1.29 is 0 Å². The van der Waals surface area contributed by atoms with E-state index >= 15 is 0 Å². The molecule has 0 aliphatic carbocycles. The molecule has 0 amide bonds.